The summed E-state index contributed by atoms with van der Waals surface area (Å²) in [6.07, 6.45) is 2.61. The van der Waals surface area contributed by atoms with Crippen LogP contribution in [-0.2, 0) is 16.1 Å². The molecule has 132 valence electrons. The summed E-state index contributed by atoms with van der Waals surface area (Å²) in [4.78, 5) is 24.2. The first-order chi connectivity index (χ1) is 11.6. The average Bonchev–Trinajstić information content (AvgIpc) is 2.98. The van der Waals surface area contributed by atoms with Gasteiger partial charge < -0.3 is 25.4 Å². The lowest BCUT2D eigenvalue weighted by Crippen LogP contribution is -2.28. The summed E-state index contributed by atoms with van der Waals surface area (Å²) in [6.45, 7) is 3.06. The van der Waals surface area contributed by atoms with E-state index in [2.05, 4.69) is 5.32 Å². The molecule has 0 radical (unpaired) electrons. The van der Waals surface area contributed by atoms with E-state index in [0.717, 1.165) is 38.0 Å². The SMILES string of the molecule is COc1cc(CNCCCN2CCCC2=O)ccc1OCC(N)=O. The number of amides is 2. The first kappa shape index (κ1) is 18.1. The van der Waals surface area contributed by atoms with Crippen molar-refractivity contribution in [1.29, 1.82) is 0 Å². The normalized spacial score (nSPS) is 14.0. The van der Waals surface area contributed by atoms with Crippen LogP contribution in [0.4, 0.5) is 0 Å². The monoisotopic (exact) mass is 335 g/mol. The Bertz CT molecular complexity index is 577. The van der Waals surface area contributed by atoms with Crippen molar-refractivity contribution < 1.29 is 19.1 Å². The maximum Gasteiger partial charge on any atom is 0.255 e. The number of hydrogen-bond donors (Lipinski definition) is 2. The van der Waals surface area contributed by atoms with Gasteiger partial charge in [0.05, 0.1) is 7.11 Å². The van der Waals surface area contributed by atoms with E-state index in [1.165, 1.54) is 0 Å². The number of nitrogens with zero attached hydrogens (tertiary/aromatic N) is 1. The van der Waals surface area contributed by atoms with Crippen molar-refractivity contribution >= 4 is 11.8 Å². The fourth-order valence-electron chi connectivity index (χ4n) is 2.66. The van der Waals surface area contributed by atoms with E-state index in [1.807, 2.05) is 17.0 Å². The number of nitrogens with two attached hydrogens (primary N) is 1. The number of hydrogen-bond acceptors (Lipinski definition) is 5. The van der Waals surface area contributed by atoms with Crippen molar-refractivity contribution in [2.24, 2.45) is 5.73 Å². The molecule has 0 aliphatic carbocycles. The molecule has 1 heterocycles. The lowest BCUT2D eigenvalue weighted by atomic mass is 10.2. The van der Waals surface area contributed by atoms with Gasteiger partial charge in [0.25, 0.3) is 5.91 Å². The fourth-order valence-corrected chi connectivity index (χ4v) is 2.66. The van der Waals surface area contributed by atoms with Crippen molar-refractivity contribution in [3.8, 4) is 11.5 Å². The molecule has 1 saturated heterocycles. The summed E-state index contributed by atoms with van der Waals surface area (Å²) >= 11 is 0. The molecule has 0 aromatic heterocycles. The molecule has 1 fully saturated rings. The molecule has 7 heteroatoms. The molecule has 0 atom stereocenters. The van der Waals surface area contributed by atoms with Crippen molar-refractivity contribution in [2.75, 3.05) is 33.4 Å². The number of likely N-dealkylation sites (tertiary alicyclic amines) is 1. The topological polar surface area (TPSA) is 93.9 Å². The highest BCUT2D eigenvalue weighted by Crippen LogP contribution is 2.27. The molecule has 7 nitrogen and oxygen atoms in total. The predicted molar refractivity (Wildman–Crippen MR) is 89.8 cm³/mol. The van der Waals surface area contributed by atoms with Crippen LogP contribution in [0.3, 0.4) is 0 Å². The summed E-state index contributed by atoms with van der Waals surface area (Å²) in [5.41, 5.74) is 6.12. The lowest BCUT2D eigenvalue weighted by molar-refractivity contribution is -0.127. The van der Waals surface area contributed by atoms with Crippen LogP contribution in [0, 0.1) is 0 Å². The van der Waals surface area contributed by atoms with Crippen LogP contribution in [0.2, 0.25) is 0 Å². The van der Waals surface area contributed by atoms with E-state index >= 15 is 0 Å². The molecule has 0 bridgehead atoms. The van der Waals surface area contributed by atoms with Gasteiger partial charge in [-0.1, -0.05) is 6.07 Å². The van der Waals surface area contributed by atoms with Crippen molar-refractivity contribution in [3.63, 3.8) is 0 Å². The minimum absolute atomic E-state index is 0.177. The third-order valence-electron chi connectivity index (χ3n) is 3.88. The third-order valence-corrected chi connectivity index (χ3v) is 3.88. The van der Waals surface area contributed by atoms with Crippen molar-refractivity contribution in [3.05, 3.63) is 23.8 Å². The van der Waals surface area contributed by atoms with Crippen LogP contribution >= 0.6 is 0 Å². The molecule has 1 aromatic carbocycles. The number of primary amides is 1. The van der Waals surface area contributed by atoms with E-state index in [1.54, 1.807) is 13.2 Å². The number of carbonyl (C=O) groups is 2. The predicted octanol–water partition coefficient (Wildman–Crippen LogP) is 0.661. The first-order valence-corrected chi connectivity index (χ1v) is 8.16. The highest BCUT2D eigenvalue weighted by atomic mass is 16.5. The highest BCUT2D eigenvalue weighted by Gasteiger charge is 2.18. The van der Waals surface area contributed by atoms with Gasteiger partial charge in [0.15, 0.2) is 18.1 Å². The molecule has 2 amide bonds. The zero-order valence-electron chi connectivity index (χ0n) is 14.0. The molecule has 1 aliphatic heterocycles. The largest absolute Gasteiger partial charge is 0.493 e. The Hall–Kier alpha value is -2.28. The molecule has 3 N–H and O–H groups in total. The lowest BCUT2D eigenvalue weighted by Gasteiger charge is -2.15. The minimum Gasteiger partial charge on any atom is -0.493 e. The second-order valence-corrected chi connectivity index (χ2v) is 5.75. The van der Waals surface area contributed by atoms with Crippen LogP contribution < -0.4 is 20.5 Å². The molecular formula is C17H25N3O4. The van der Waals surface area contributed by atoms with Crippen LogP contribution in [0.15, 0.2) is 18.2 Å². The molecule has 24 heavy (non-hydrogen) atoms. The molecular weight excluding hydrogens is 310 g/mol. The second kappa shape index (κ2) is 9.12. The molecule has 1 aromatic rings. The van der Waals surface area contributed by atoms with Crippen LogP contribution in [0.1, 0.15) is 24.8 Å². The maximum absolute atomic E-state index is 11.5. The van der Waals surface area contributed by atoms with Gasteiger partial charge in [-0.3, -0.25) is 9.59 Å². The van der Waals surface area contributed by atoms with E-state index in [0.29, 0.717) is 24.5 Å². The highest BCUT2D eigenvalue weighted by molar-refractivity contribution is 5.78. The second-order valence-electron chi connectivity index (χ2n) is 5.75. The van der Waals surface area contributed by atoms with Crippen LogP contribution in [-0.4, -0.2) is 50.1 Å². The smallest absolute Gasteiger partial charge is 0.255 e. The van der Waals surface area contributed by atoms with Crippen molar-refractivity contribution in [2.45, 2.75) is 25.8 Å². The molecule has 0 unspecified atom stereocenters. The Morgan fingerprint density at radius 3 is 2.88 bits per heavy atom. The van der Waals surface area contributed by atoms with Gasteiger partial charge in [-0.15, -0.1) is 0 Å². The Morgan fingerprint density at radius 2 is 2.21 bits per heavy atom. The minimum atomic E-state index is -0.528. The van der Waals surface area contributed by atoms with Gasteiger partial charge in [0.1, 0.15) is 0 Å². The third kappa shape index (κ3) is 5.42. The molecule has 0 saturated carbocycles. The zero-order valence-corrected chi connectivity index (χ0v) is 14.0. The first-order valence-electron chi connectivity index (χ1n) is 8.16. The quantitative estimate of drug-likeness (QED) is 0.613. The van der Waals surface area contributed by atoms with Crippen molar-refractivity contribution in [1.82, 2.24) is 10.2 Å². The average molecular weight is 335 g/mol. The molecule has 2 rings (SSSR count). The Balaban J connectivity index is 1.73. The summed E-state index contributed by atoms with van der Waals surface area (Å²) in [7, 11) is 1.55. The van der Waals surface area contributed by atoms with Gasteiger partial charge in [-0.25, -0.2) is 0 Å². The van der Waals surface area contributed by atoms with Gasteiger partial charge in [0, 0.05) is 26.1 Å². The van der Waals surface area contributed by atoms with Gasteiger partial charge >= 0.3 is 0 Å². The standard InChI is InChI=1S/C17H25N3O4/c1-23-15-10-13(5-6-14(15)24-12-16(18)21)11-19-7-3-9-20-8-2-4-17(20)22/h5-6,10,19H,2-4,7-9,11-12H2,1H3,(H2,18,21). The van der Waals surface area contributed by atoms with E-state index in [-0.39, 0.29) is 12.5 Å². The summed E-state index contributed by atoms with van der Waals surface area (Å²) in [5.74, 6) is 0.802. The Morgan fingerprint density at radius 1 is 1.38 bits per heavy atom. The van der Waals surface area contributed by atoms with Gasteiger partial charge in [0.2, 0.25) is 5.91 Å². The van der Waals surface area contributed by atoms with Gasteiger partial charge in [-0.2, -0.15) is 0 Å². The maximum atomic E-state index is 11.5. The van der Waals surface area contributed by atoms with E-state index in [4.69, 9.17) is 15.2 Å². The molecule has 1 aliphatic rings. The summed E-state index contributed by atoms with van der Waals surface area (Å²) in [5, 5.41) is 3.35. The zero-order chi connectivity index (χ0) is 17.4. The summed E-state index contributed by atoms with van der Waals surface area (Å²) < 4.78 is 10.6. The number of nitrogens with one attached hydrogen (secondary N) is 1. The molecule has 0 spiro atoms. The summed E-state index contributed by atoms with van der Waals surface area (Å²) in [6, 6.07) is 5.55. The van der Waals surface area contributed by atoms with Crippen LogP contribution in [0.25, 0.3) is 0 Å². The van der Waals surface area contributed by atoms with E-state index < -0.39 is 5.91 Å². The number of rotatable bonds is 10. The van der Waals surface area contributed by atoms with Crippen LogP contribution in [0.5, 0.6) is 11.5 Å². The number of methoxy groups -OCH3 is 1. The van der Waals surface area contributed by atoms with Gasteiger partial charge in [-0.05, 0) is 37.1 Å². The Kier molecular flexibility index (Phi) is 6.87. The fraction of sp³-hybridized carbons (Fsp3) is 0.529. The number of benzene rings is 1. The number of carbonyl (C=O) groups excluding carboxylic acids is 2. The Labute approximate surface area is 142 Å². The van der Waals surface area contributed by atoms with E-state index in [9.17, 15) is 9.59 Å². The number of ether oxygens (including phenoxy) is 2.